The molecule has 0 unspecified atom stereocenters. The van der Waals surface area contributed by atoms with Crippen molar-refractivity contribution in [3.05, 3.63) is 0 Å². The van der Waals surface area contributed by atoms with Crippen LogP contribution in [0.25, 0.3) is 0 Å². The number of ether oxygens (including phenoxy) is 1. The van der Waals surface area contributed by atoms with E-state index >= 15 is 0 Å². The minimum atomic E-state index is -0.672. The molecule has 0 spiro atoms. The third kappa shape index (κ3) is 5.83. The van der Waals surface area contributed by atoms with E-state index in [-0.39, 0.29) is 24.2 Å². The van der Waals surface area contributed by atoms with E-state index in [1.165, 1.54) is 13.5 Å². The van der Waals surface area contributed by atoms with Gasteiger partial charge in [-0.1, -0.05) is 40.0 Å². The fourth-order valence-corrected chi connectivity index (χ4v) is 2.69. The zero-order chi connectivity index (χ0) is 15.3. The van der Waals surface area contributed by atoms with Crippen LogP contribution in [0.3, 0.4) is 0 Å². The van der Waals surface area contributed by atoms with Gasteiger partial charge >= 0.3 is 5.97 Å². The summed E-state index contributed by atoms with van der Waals surface area (Å²) in [6, 6.07) is -1.21. The van der Waals surface area contributed by atoms with Crippen LogP contribution in [0.1, 0.15) is 52.9 Å². The Balaban J connectivity index is 0.00000400. The molecular weight excluding hydrogens is 292 g/mol. The van der Waals surface area contributed by atoms with Gasteiger partial charge < -0.3 is 15.8 Å². The number of carbonyl (C=O) groups excluding carboxylic acids is 2. The highest BCUT2D eigenvalue weighted by molar-refractivity contribution is 5.88. The molecule has 1 aliphatic rings. The van der Waals surface area contributed by atoms with Crippen LogP contribution in [-0.2, 0) is 14.3 Å². The first-order valence-corrected chi connectivity index (χ1v) is 7.41. The van der Waals surface area contributed by atoms with Gasteiger partial charge in [0.1, 0.15) is 6.04 Å². The zero-order valence-electron chi connectivity index (χ0n) is 13.5. The first-order chi connectivity index (χ1) is 9.27. The summed E-state index contributed by atoms with van der Waals surface area (Å²) in [7, 11) is 1.33. The van der Waals surface area contributed by atoms with Crippen LogP contribution in [-0.4, -0.2) is 31.1 Å². The van der Waals surface area contributed by atoms with Gasteiger partial charge in [0.25, 0.3) is 0 Å². The number of halogens is 1. The average molecular weight is 321 g/mol. The van der Waals surface area contributed by atoms with Crippen LogP contribution in [0.15, 0.2) is 0 Å². The Morgan fingerprint density at radius 2 is 1.71 bits per heavy atom. The number of carbonyl (C=O) groups is 2. The van der Waals surface area contributed by atoms with E-state index in [4.69, 9.17) is 10.5 Å². The quantitative estimate of drug-likeness (QED) is 0.776. The molecule has 0 aromatic rings. The lowest BCUT2D eigenvalue weighted by molar-refractivity contribution is -0.148. The highest BCUT2D eigenvalue weighted by atomic mass is 35.5. The molecule has 1 amide bonds. The summed E-state index contributed by atoms with van der Waals surface area (Å²) >= 11 is 0. The minimum Gasteiger partial charge on any atom is -0.467 e. The van der Waals surface area contributed by atoms with Gasteiger partial charge in [-0.3, -0.25) is 4.79 Å². The van der Waals surface area contributed by atoms with Crippen molar-refractivity contribution in [2.24, 2.45) is 17.1 Å². The highest BCUT2D eigenvalue weighted by Gasteiger charge is 2.36. The summed E-state index contributed by atoms with van der Waals surface area (Å²) in [5.41, 5.74) is 5.65. The lowest BCUT2D eigenvalue weighted by Crippen LogP contribution is -2.55. The highest BCUT2D eigenvalue weighted by Crippen LogP contribution is 2.26. The normalized spacial score (nSPS) is 19.1. The van der Waals surface area contributed by atoms with Crippen LogP contribution in [0, 0.1) is 11.3 Å². The summed E-state index contributed by atoms with van der Waals surface area (Å²) < 4.78 is 4.77. The van der Waals surface area contributed by atoms with Gasteiger partial charge in [0.05, 0.1) is 13.2 Å². The maximum atomic E-state index is 12.3. The second kappa shape index (κ2) is 8.59. The summed E-state index contributed by atoms with van der Waals surface area (Å²) in [5, 5.41) is 2.77. The molecule has 0 bridgehead atoms. The molecule has 3 N–H and O–H groups in total. The molecular formula is C15H29ClN2O3. The van der Waals surface area contributed by atoms with Crippen LogP contribution in [0.4, 0.5) is 0 Å². The van der Waals surface area contributed by atoms with Crippen molar-refractivity contribution in [2.75, 3.05) is 7.11 Å². The van der Waals surface area contributed by atoms with Crippen LogP contribution in [0.5, 0.6) is 0 Å². The SMILES string of the molecule is COC(=O)[C@@H](NC(=O)[C@@H](N)C1CCCCC1)C(C)(C)C.Cl. The van der Waals surface area contributed by atoms with Gasteiger partial charge in [-0.2, -0.15) is 0 Å². The predicted octanol–water partition coefficient (Wildman–Crippen LogP) is 2.02. The number of nitrogens with two attached hydrogens (primary N) is 1. The summed E-state index contributed by atoms with van der Waals surface area (Å²) in [4.78, 5) is 24.1. The first-order valence-electron chi connectivity index (χ1n) is 7.41. The molecule has 0 aromatic heterocycles. The van der Waals surface area contributed by atoms with Crippen LogP contribution >= 0.6 is 12.4 Å². The number of hydrogen-bond donors (Lipinski definition) is 2. The maximum Gasteiger partial charge on any atom is 0.328 e. The molecule has 5 nitrogen and oxygen atoms in total. The molecule has 0 radical (unpaired) electrons. The average Bonchev–Trinajstić information content (AvgIpc) is 2.42. The number of esters is 1. The fourth-order valence-electron chi connectivity index (χ4n) is 2.69. The van der Waals surface area contributed by atoms with Gasteiger partial charge in [0, 0.05) is 0 Å². The van der Waals surface area contributed by atoms with E-state index in [0.717, 1.165) is 25.7 Å². The second-order valence-electron chi connectivity index (χ2n) is 6.75. The Kier molecular flexibility index (Phi) is 8.26. The molecule has 0 aromatic carbocycles. The lowest BCUT2D eigenvalue weighted by Gasteiger charge is -2.32. The second-order valence-corrected chi connectivity index (χ2v) is 6.75. The molecule has 1 fully saturated rings. The minimum absolute atomic E-state index is 0. The molecule has 1 rings (SSSR count). The van der Waals surface area contributed by atoms with Crippen molar-refractivity contribution in [1.29, 1.82) is 0 Å². The summed E-state index contributed by atoms with van der Waals surface area (Å²) in [6.45, 7) is 5.67. The Hall–Kier alpha value is -0.810. The lowest BCUT2D eigenvalue weighted by atomic mass is 9.83. The van der Waals surface area contributed by atoms with Crippen molar-refractivity contribution in [3.63, 3.8) is 0 Å². The largest absolute Gasteiger partial charge is 0.467 e. The Morgan fingerprint density at radius 1 is 1.19 bits per heavy atom. The molecule has 124 valence electrons. The Bertz CT molecular complexity index is 349. The van der Waals surface area contributed by atoms with Crippen LogP contribution in [0.2, 0.25) is 0 Å². The number of nitrogens with one attached hydrogen (secondary N) is 1. The zero-order valence-corrected chi connectivity index (χ0v) is 14.3. The van der Waals surface area contributed by atoms with Gasteiger partial charge in [0.2, 0.25) is 5.91 Å². The van der Waals surface area contributed by atoms with Crippen molar-refractivity contribution < 1.29 is 14.3 Å². The van der Waals surface area contributed by atoms with Crippen molar-refractivity contribution >= 4 is 24.3 Å². The van der Waals surface area contributed by atoms with Gasteiger partial charge in [-0.15, -0.1) is 12.4 Å². The molecule has 1 aliphatic carbocycles. The monoisotopic (exact) mass is 320 g/mol. The van der Waals surface area contributed by atoms with Gasteiger partial charge in [-0.25, -0.2) is 4.79 Å². The van der Waals surface area contributed by atoms with E-state index in [0.29, 0.717) is 0 Å². The van der Waals surface area contributed by atoms with E-state index in [1.54, 1.807) is 0 Å². The van der Waals surface area contributed by atoms with Gasteiger partial charge in [-0.05, 0) is 24.2 Å². The van der Waals surface area contributed by atoms with Crippen molar-refractivity contribution in [3.8, 4) is 0 Å². The molecule has 1 saturated carbocycles. The summed E-state index contributed by atoms with van der Waals surface area (Å²) in [5.74, 6) is -0.453. The summed E-state index contributed by atoms with van der Waals surface area (Å²) in [6.07, 6.45) is 5.47. The first kappa shape index (κ1) is 20.2. The van der Waals surface area contributed by atoms with E-state index in [9.17, 15) is 9.59 Å². The van der Waals surface area contributed by atoms with Crippen LogP contribution < -0.4 is 11.1 Å². The maximum absolute atomic E-state index is 12.3. The van der Waals surface area contributed by atoms with Gasteiger partial charge in [0.15, 0.2) is 0 Å². The Morgan fingerprint density at radius 3 is 2.14 bits per heavy atom. The van der Waals surface area contributed by atoms with Crippen molar-refractivity contribution in [1.82, 2.24) is 5.32 Å². The Labute approximate surface area is 133 Å². The molecule has 0 saturated heterocycles. The van der Waals surface area contributed by atoms with E-state index in [2.05, 4.69) is 5.32 Å². The third-order valence-electron chi connectivity index (χ3n) is 4.05. The molecule has 2 atom stereocenters. The number of rotatable bonds is 4. The van der Waals surface area contributed by atoms with E-state index in [1.807, 2.05) is 20.8 Å². The standard InChI is InChI=1S/C15H28N2O3.ClH/c1-15(2,3)12(14(19)20-4)17-13(18)11(16)10-8-6-5-7-9-10;/h10-12H,5-9,16H2,1-4H3,(H,17,18);1H/t11-,12+;/m0./s1. The number of amides is 1. The number of methoxy groups -OCH3 is 1. The molecule has 0 aliphatic heterocycles. The molecule has 6 heteroatoms. The predicted molar refractivity (Wildman–Crippen MR) is 85.2 cm³/mol. The number of hydrogen-bond acceptors (Lipinski definition) is 4. The third-order valence-corrected chi connectivity index (χ3v) is 4.05. The molecule has 21 heavy (non-hydrogen) atoms. The topological polar surface area (TPSA) is 81.4 Å². The fraction of sp³-hybridized carbons (Fsp3) is 0.867. The molecule has 0 heterocycles. The van der Waals surface area contributed by atoms with E-state index < -0.39 is 23.5 Å². The smallest absolute Gasteiger partial charge is 0.328 e. The van der Waals surface area contributed by atoms with Crippen molar-refractivity contribution in [2.45, 2.75) is 65.0 Å².